The maximum absolute atomic E-state index is 13.4. The standard InChI is InChI=1S/C29H39N5O3/c1-19-26(20(2)32(3)29(37)30-19)28(36)34-17-23-15-33(16-24(23)18-34)14-13-25(21-9-5-4-6-10-21)31-27(35)22-11-7-8-12-22/h4-6,9-10,22-25H,7-8,11-18H2,1-3H3,(H,31,35)/t23?,24?,25-/m0/s1. The van der Waals surface area contributed by atoms with Crippen molar-refractivity contribution < 1.29 is 9.59 Å². The van der Waals surface area contributed by atoms with Crippen LogP contribution in [0.3, 0.4) is 0 Å². The molecule has 8 heteroatoms. The summed E-state index contributed by atoms with van der Waals surface area (Å²) in [5, 5.41) is 3.36. The second kappa shape index (κ2) is 10.8. The summed E-state index contributed by atoms with van der Waals surface area (Å²) >= 11 is 0. The number of nitrogens with zero attached hydrogens (tertiary/aromatic N) is 4. The number of benzene rings is 1. The molecule has 1 aromatic carbocycles. The molecule has 3 fully saturated rings. The van der Waals surface area contributed by atoms with E-state index in [1.165, 1.54) is 10.1 Å². The number of carbonyl (C=O) groups is 2. The number of aryl methyl sites for hydroxylation is 1. The van der Waals surface area contributed by atoms with Gasteiger partial charge in [0, 0.05) is 51.4 Å². The molecule has 2 aliphatic heterocycles. The third-order valence-corrected chi connectivity index (χ3v) is 8.82. The molecule has 2 unspecified atom stereocenters. The third-order valence-electron chi connectivity index (χ3n) is 8.82. The number of nitrogens with one attached hydrogen (secondary N) is 1. The first-order valence-electron chi connectivity index (χ1n) is 13.7. The van der Waals surface area contributed by atoms with Gasteiger partial charge in [-0.15, -0.1) is 0 Å². The molecular formula is C29H39N5O3. The van der Waals surface area contributed by atoms with Crippen molar-refractivity contribution in [3.05, 3.63) is 63.3 Å². The number of hydrogen-bond acceptors (Lipinski definition) is 5. The summed E-state index contributed by atoms with van der Waals surface area (Å²) in [6.45, 7) is 7.90. The molecule has 0 spiro atoms. The first kappa shape index (κ1) is 25.6. The average Bonchev–Trinajstić information content (AvgIpc) is 3.63. The minimum Gasteiger partial charge on any atom is -0.349 e. The molecule has 2 saturated heterocycles. The molecule has 5 rings (SSSR count). The van der Waals surface area contributed by atoms with Crippen LogP contribution in [0.15, 0.2) is 35.1 Å². The molecule has 2 amide bonds. The lowest BCUT2D eigenvalue weighted by atomic mass is 10.0. The molecule has 37 heavy (non-hydrogen) atoms. The highest BCUT2D eigenvalue weighted by molar-refractivity contribution is 5.96. The van der Waals surface area contributed by atoms with E-state index in [1.54, 1.807) is 14.0 Å². The normalized spacial score (nSPS) is 22.8. The first-order chi connectivity index (χ1) is 17.8. The number of fused-ring (bicyclic) bond motifs is 1. The van der Waals surface area contributed by atoms with E-state index in [-0.39, 0.29) is 29.5 Å². The lowest BCUT2D eigenvalue weighted by molar-refractivity contribution is -0.125. The van der Waals surface area contributed by atoms with Crippen LogP contribution in [-0.4, -0.2) is 63.9 Å². The van der Waals surface area contributed by atoms with Crippen LogP contribution in [-0.2, 0) is 11.8 Å². The van der Waals surface area contributed by atoms with E-state index in [0.29, 0.717) is 28.8 Å². The fourth-order valence-corrected chi connectivity index (χ4v) is 6.55. The Bertz CT molecular complexity index is 1190. The topological polar surface area (TPSA) is 87.5 Å². The van der Waals surface area contributed by atoms with E-state index in [4.69, 9.17) is 0 Å². The smallest absolute Gasteiger partial charge is 0.347 e. The van der Waals surface area contributed by atoms with E-state index < -0.39 is 0 Å². The fraction of sp³-hybridized carbons (Fsp3) is 0.586. The summed E-state index contributed by atoms with van der Waals surface area (Å²) in [6.07, 6.45) is 5.20. The van der Waals surface area contributed by atoms with Crippen LogP contribution in [0.2, 0.25) is 0 Å². The van der Waals surface area contributed by atoms with E-state index in [1.807, 2.05) is 30.0 Å². The van der Waals surface area contributed by atoms with Crippen molar-refractivity contribution in [3.8, 4) is 0 Å². The molecule has 8 nitrogen and oxygen atoms in total. The number of aromatic nitrogens is 2. The van der Waals surface area contributed by atoms with Crippen molar-refractivity contribution in [1.82, 2.24) is 24.7 Å². The molecule has 3 aliphatic rings. The molecule has 1 saturated carbocycles. The van der Waals surface area contributed by atoms with Gasteiger partial charge in [0.15, 0.2) is 0 Å². The highest BCUT2D eigenvalue weighted by atomic mass is 16.2. The van der Waals surface area contributed by atoms with E-state index >= 15 is 0 Å². The van der Waals surface area contributed by atoms with Crippen molar-refractivity contribution in [2.24, 2.45) is 24.8 Å². The van der Waals surface area contributed by atoms with Crippen LogP contribution in [0, 0.1) is 31.6 Å². The van der Waals surface area contributed by atoms with E-state index in [9.17, 15) is 14.4 Å². The minimum atomic E-state index is -0.325. The van der Waals surface area contributed by atoms with Gasteiger partial charge in [0.1, 0.15) is 0 Å². The number of amides is 2. The van der Waals surface area contributed by atoms with Gasteiger partial charge in [0.2, 0.25) is 5.91 Å². The summed E-state index contributed by atoms with van der Waals surface area (Å²) in [4.78, 5) is 46.7. The number of hydrogen-bond donors (Lipinski definition) is 1. The van der Waals surface area contributed by atoms with Crippen LogP contribution in [0.5, 0.6) is 0 Å². The molecule has 1 aliphatic carbocycles. The molecular weight excluding hydrogens is 466 g/mol. The maximum Gasteiger partial charge on any atom is 0.347 e. The Labute approximate surface area is 219 Å². The molecule has 0 radical (unpaired) electrons. The van der Waals surface area contributed by atoms with Gasteiger partial charge in [-0.3, -0.25) is 14.2 Å². The summed E-state index contributed by atoms with van der Waals surface area (Å²) < 4.78 is 1.45. The van der Waals surface area contributed by atoms with Crippen molar-refractivity contribution in [2.75, 3.05) is 32.7 Å². The Morgan fingerprint density at radius 1 is 1.03 bits per heavy atom. The van der Waals surface area contributed by atoms with E-state index in [2.05, 4.69) is 27.3 Å². The first-order valence-corrected chi connectivity index (χ1v) is 13.7. The SMILES string of the molecule is Cc1nc(=O)n(C)c(C)c1C(=O)N1CC2CN(CC[C@H](NC(=O)C3CCCC3)c3ccccc3)CC2C1. The Kier molecular flexibility index (Phi) is 7.47. The summed E-state index contributed by atoms with van der Waals surface area (Å²) in [5.41, 5.74) is 2.58. The van der Waals surface area contributed by atoms with Gasteiger partial charge >= 0.3 is 5.69 Å². The van der Waals surface area contributed by atoms with Gasteiger partial charge in [-0.05, 0) is 50.5 Å². The van der Waals surface area contributed by atoms with Gasteiger partial charge in [-0.25, -0.2) is 4.79 Å². The monoisotopic (exact) mass is 505 g/mol. The highest BCUT2D eigenvalue weighted by Gasteiger charge is 2.42. The zero-order valence-electron chi connectivity index (χ0n) is 22.3. The van der Waals surface area contributed by atoms with Gasteiger partial charge in [-0.1, -0.05) is 43.2 Å². The van der Waals surface area contributed by atoms with Crippen molar-refractivity contribution in [3.63, 3.8) is 0 Å². The van der Waals surface area contributed by atoms with Crippen molar-refractivity contribution in [1.29, 1.82) is 0 Å². The quantitative estimate of drug-likeness (QED) is 0.625. The lowest BCUT2D eigenvalue weighted by Crippen LogP contribution is -2.37. The predicted octanol–water partition coefficient (Wildman–Crippen LogP) is 2.84. The van der Waals surface area contributed by atoms with Gasteiger partial charge in [0.05, 0.1) is 17.3 Å². The Morgan fingerprint density at radius 2 is 1.68 bits per heavy atom. The minimum absolute atomic E-state index is 0.0159. The Hall–Kier alpha value is -3.00. The Balaban J connectivity index is 1.18. The molecule has 2 aromatic rings. The lowest BCUT2D eigenvalue weighted by Gasteiger charge is -2.26. The Morgan fingerprint density at radius 3 is 2.32 bits per heavy atom. The molecule has 198 valence electrons. The van der Waals surface area contributed by atoms with Gasteiger partial charge in [0.25, 0.3) is 5.91 Å². The van der Waals surface area contributed by atoms with Crippen LogP contribution in [0.4, 0.5) is 0 Å². The zero-order valence-corrected chi connectivity index (χ0v) is 22.3. The predicted molar refractivity (Wildman–Crippen MR) is 142 cm³/mol. The number of rotatable bonds is 7. The maximum atomic E-state index is 13.4. The van der Waals surface area contributed by atoms with Crippen molar-refractivity contribution in [2.45, 2.75) is 52.0 Å². The third kappa shape index (κ3) is 5.35. The molecule has 1 N–H and O–H groups in total. The molecule has 3 atom stereocenters. The van der Waals surface area contributed by atoms with Gasteiger partial charge < -0.3 is 15.1 Å². The highest BCUT2D eigenvalue weighted by Crippen LogP contribution is 2.33. The summed E-state index contributed by atoms with van der Waals surface area (Å²) in [6, 6.07) is 10.3. The average molecular weight is 506 g/mol. The van der Waals surface area contributed by atoms with Crippen LogP contribution in [0.1, 0.15) is 65.5 Å². The second-order valence-corrected chi connectivity index (χ2v) is 11.2. The molecule has 1 aromatic heterocycles. The molecule has 3 heterocycles. The summed E-state index contributed by atoms with van der Waals surface area (Å²) in [5.74, 6) is 1.26. The van der Waals surface area contributed by atoms with Crippen LogP contribution >= 0.6 is 0 Å². The van der Waals surface area contributed by atoms with Gasteiger partial charge in [-0.2, -0.15) is 4.98 Å². The van der Waals surface area contributed by atoms with E-state index in [0.717, 1.165) is 64.8 Å². The summed E-state index contributed by atoms with van der Waals surface area (Å²) in [7, 11) is 1.66. The number of likely N-dealkylation sites (tertiary alicyclic amines) is 2. The molecule has 0 bridgehead atoms. The second-order valence-electron chi connectivity index (χ2n) is 11.2. The van der Waals surface area contributed by atoms with Crippen LogP contribution in [0.25, 0.3) is 0 Å². The van der Waals surface area contributed by atoms with Crippen LogP contribution < -0.4 is 11.0 Å². The zero-order chi connectivity index (χ0) is 26.1. The van der Waals surface area contributed by atoms with Crippen molar-refractivity contribution >= 4 is 11.8 Å². The fourth-order valence-electron chi connectivity index (χ4n) is 6.55. The number of carbonyl (C=O) groups excluding carboxylic acids is 2. The largest absolute Gasteiger partial charge is 0.349 e.